The van der Waals surface area contributed by atoms with Crippen LogP contribution in [0, 0.1) is 5.92 Å². The van der Waals surface area contributed by atoms with Gasteiger partial charge in [-0.25, -0.2) is 8.42 Å². The van der Waals surface area contributed by atoms with Crippen LogP contribution in [-0.4, -0.2) is 31.6 Å². The van der Waals surface area contributed by atoms with Crippen LogP contribution in [-0.2, 0) is 14.8 Å². The van der Waals surface area contributed by atoms with Gasteiger partial charge in [0.25, 0.3) is 15.2 Å². The fourth-order valence-corrected chi connectivity index (χ4v) is 4.47. The van der Waals surface area contributed by atoms with Gasteiger partial charge in [0.2, 0.25) is 11.0 Å². The molecule has 160 valence electrons. The topological polar surface area (TPSA) is 110 Å². The number of methoxy groups -OCH3 is 1. The minimum absolute atomic E-state index is 0.0600. The minimum Gasteiger partial charge on any atom is -0.472 e. The molecule has 2 N–H and O–H groups in total. The van der Waals surface area contributed by atoms with Gasteiger partial charge in [-0.1, -0.05) is 51.1 Å². The quantitative estimate of drug-likeness (QED) is 0.477. The summed E-state index contributed by atoms with van der Waals surface area (Å²) in [6.07, 6.45) is 6.67. The number of rotatable bonds is 12. The standard InChI is InChI=1S/C19H28N4O4S2/c1-4-5-6-7-8-9-14(2)17(24)20-15-10-12-16(13-11-15)29(25,26)23-18-21-22-19(27-3)28-18/h10-14H,4-9H2,1-3H3,(H,20,24)(H,21,23). The number of anilines is 2. The molecule has 8 nitrogen and oxygen atoms in total. The molecule has 10 heteroatoms. The molecule has 0 bridgehead atoms. The lowest BCUT2D eigenvalue weighted by molar-refractivity contribution is -0.119. The molecule has 2 aromatic rings. The van der Waals surface area contributed by atoms with Gasteiger partial charge in [-0.3, -0.25) is 9.52 Å². The zero-order valence-corrected chi connectivity index (χ0v) is 18.6. The third kappa shape index (κ3) is 7.28. The summed E-state index contributed by atoms with van der Waals surface area (Å²) in [4.78, 5) is 12.4. The molecular weight excluding hydrogens is 412 g/mol. The molecule has 2 rings (SSSR count). The Morgan fingerprint density at radius 1 is 1.14 bits per heavy atom. The number of hydrogen-bond donors (Lipinski definition) is 2. The predicted molar refractivity (Wildman–Crippen MR) is 115 cm³/mol. The van der Waals surface area contributed by atoms with E-state index in [0.717, 1.165) is 30.6 Å². The van der Waals surface area contributed by atoms with Gasteiger partial charge in [0.15, 0.2) is 0 Å². The van der Waals surface area contributed by atoms with Gasteiger partial charge in [-0.15, -0.1) is 5.10 Å². The number of hydrogen-bond acceptors (Lipinski definition) is 7. The average Bonchev–Trinajstić information content (AvgIpc) is 3.15. The summed E-state index contributed by atoms with van der Waals surface area (Å²) in [7, 11) is -2.37. The summed E-state index contributed by atoms with van der Waals surface area (Å²) in [6, 6.07) is 6.01. The van der Waals surface area contributed by atoms with E-state index in [4.69, 9.17) is 4.74 Å². The SMILES string of the molecule is CCCCCCCC(C)C(=O)Nc1ccc(S(=O)(=O)Nc2nnc(OC)s2)cc1. The number of amides is 1. The molecule has 0 aliphatic rings. The second kappa shape index (κ2) is 11.1. The Balaban J connectivity index is 1.89. The van der Waals surface area contributed by atoms with E-state index in [-0.39, 0.29) is 27.0 Å². The Bertz CT molecular complexity index is 882. The summed E-state index contributed by atoms with van der Waals surface area (Å²) in [5, 5.41) is 10.6. The third-order valence-corrected chi connectivity index (χ3v) is 6.71. The van der Waals surface area contributed by atoms with Crippen LogP contribution in [0.1, 0.15) is 52.4 Å². The molecule has 0 aliphatic carbocycles. The lowest BCUT2D eigenvalue weighted by atomic mass is 10.0. The van der Waals surface area contributed by atoms with E-state index in [1.165, 1.54) is 38.5 Å². The van der Waals surface area contributed by atoms with Crippen molar-refractivity contribution in [1.82, 2.24) is 10.2 Å². The van der Waals surface area contributed by atoms with Crippen molar-refractivity contribution >= 4 is 38.1 Å². The van der Waals surface area contributed by atoms with Crippen molar-refractivity contribution in [3.05, 3.63) is 24.3 Å². The van der Waals surface area contributed by atoms with Crippen molar-refractivity contribution in [3.63, 3.8) is 0 Å². The molecule has 29 heavy (non-hydrogen) atoms. The fraction of sp³-hybridized carbons (Fsp3) is 0.526. The highest BCUT2D eigenvalue weighted by molar-refractivity contribution is 7.93. The van der Waals surface area contributed by atoms with Gasteiger partial charge in [-0.05, 0) is 42.0 Å². The number of carbonyl (C=O) groups excluding carboxylic acids is 1. The Morgan fingerprint density at radius 2 is 1.83 bits per heavy atom. The van der Waals surface area contributed by atoms with Crippen molar-refractivity contribution in [2.24, 2.45) is 5.92 Å². The maximum absolute atomic E-state index is 12.4. The number of benzene rings is 1. The van der Waals surface area contributed by atoms with Crippen molar-refractivity contribution < 1.29 is 17.9 Å². The Morgan fingerprint density at radius 3 is 2.45 bits per heavy atom. The number of carbonyl (C=O) groups is 1. The van der Waals surface area contributed by atoms with E-state index >= 15 is 0 Å². The number of aromatic nitrogens is 2. The van der Waals surface area contributed by atoms with E-state index in [1.54, 1.807) is 12.1 Å². The molecule has 1 unspecified atom stereocenters. The molecule has 1 heterocycles. The maximum atomic E-state index is 12.4. The average molecular weight is 441 g/mol. The molecule has 1 aromatic heterocycles. The summed E-state index contributed by atoms with van der Waals surface area (Å²) in [6.45, 7) is 4.09. The molecule has 1 amide bonds. The number of nitrogens with zero attached hydrogens (tertiary/aromatic N) is 2. The number of unbranched alkanes of at least 4 members (excludes halogenated alkanes) is 4. The number of sulfonamides is 1. The van der Waals surface area contributed by atoms with Gasteiger partial charge < -0.3 is 10.1 Å². The maximum Gasteiger partial charge on any atom is 0.295 e. The lowest BCUT2D eigenvalue weighted by Gasteiger charge is -2.12. The van der Waals surface area contributed by atoms with E-state index in [1.807, 2.05) is 6.92 Å². The van der Waals surface area contributed by atoms with Crippen LogP contribution >= 0.6 is 11.3 Å². The van der Waals surface area contributed by atoms with Crippen LogP contribution < -0.4 is 14.8 Å². The fourth-order valence-electron chi connectivity index (χ4n) is 2.68. The zero-order chi connectivity index (χ0) is 21.3. The van der Waals surface area contributed by atoms with Crippen LogP contribution in [0.2, 0.25) is 0 Å². The number of ether oxygens (including phenoxy) is 1. The zero-order valence-electron chi connectivity index (χ0n) is 17.0. The monoisotopic (exact) mass is 440 g/mol. The normalized spacial score (nSPS) is 12.4. The van der Waals surface area contributed by atoms with Crippen molar-refractivity contribution in [1.29, 1.82) is 0 Å². The van der Waals surface area contributed by atoms with Crippen LogP contribution in [0.4, 0.5) is 10.8 Å². The van der Waals surface area contributed by atoms with Crippen LogP contribution in [0.15, 0.2) is 29.2 Å². The van der Waals surface area contributed by atoms with Crippen molar-refractivity contribution in [2.45, 2.75) is 57.3 Å². The Hall–Kier alpha value is -2.20. The van der Waals surface area contributed by atoms with Crippen LogP contribution in [0.25, 0.3) is 0 Å². The first-order valence-electron chi connectivity index (χ1n) is 9.67. The summed E-state index contributed by atoms with van der Waals surface area (Å²) in [5.74, 6) is -0.149. The van der Waals surface area contributed by atoms with Crippen molar-refractivity contribution in [2.75, 3.05) is 17.1 Å². The smallest absolute Gasteiger partial charge is 0.295 e. The first-order valence-corrected chi connectivity index (χ1v) is 12.0. The van der Waals surface area contributed by atoms with Crippen LogP contribution in [0.5, 0.6) is 5.19 Å². The molecular formula is C19H28N4O4S2. The first kappa shape index (κ1) is 23.1. The molecule has 0 radical (unpaired) electrons. The molecule has 0 fully saturated rings. The first-order chi connectivity index (χ1) is 13.9. The Kier molecular flexibility index (Phi) is 8.84. The summed E-state index contributed by atoms with van der Waals surface area (Å²) in [5.41, 5.74) is 0.560. The van der Waals surface area contributed by atoms with Gasteiger partial charge in [0.05, 0.1) is 12.0 Å². The summed E-state index contributed by atoms with van der Waals surface area (Å²) < 4.78 is 32.1. The van der Waals surface area contributed by atoms with Crippen LogP contribution in [0.3, 0.4) is 0 Å². The molecule has 0 aliphatic heterocycles. The van der Waals surface area contributed by atoms with E-state index in [9.17, 15) is 13.2 Å². The molecule has 0 saturated heterocycles. The molecule has 0 saturated carbocycles. The van der Waals surface area contributed by atoms with Gasteiger partial charge in [0, 0.05) is 11.6 Å². The highest BCUT2D eigenvalue weighted by Gasteiger charge is 2.18. The van der Waals surface area contributed by atoms with E-state index in [2.05, 4.69) is 27.2 Å². The van der Waals surface area contributed by atoms with Crippen molar-refractivity contribution in [3.8, 4) is 5.19 Å². The Labute approximate surface area is 176 Å². The molecule has 1 atom stereocenters. The minimum atomic E-state index is -3.80. The molecule has 0 spiro atoms. The third-order valence-electron chi connectivity index (χ3n) is 4.42. The predicted octanol–water partition coefficient (Wildman–Crippen LogP) is 4.28. The van der Waals surface area contributed by atoms with E-state index < -0.39 is 10.0 Å². The summed E-state index contributed by atoms with van der Waals surface area (Å²) >= 11 is 0.988. The second-order valence-electron chi connectivity index (χ2n) is 6.80. The van der Waals surface area contributed by atoms with Gasteiger partial charge in [-0.2, -0.15) is 0 Å². The van der Waals surface area contributed by atoms with Gasteiger partial charge >= 0.3 is 0 Å². The second-order valence-corrected chi connectivity index (χ2v) is 9.42. The highest BCUT2D eigenvalue weighted by Crippen LogP contribution is 2.25. The van der Waals surface area contributed by atoms with Gasteiger partial charge in [0.1, 0.15) is 0 Å². The highest BCUT2D eigenvalue weighted by atomic mass is 32.2. The lowest BCUT2D eigenvalue weighted by Crippen LogP contribution is -2.20. The van der Waals surface area contributed by atoms with E-state index in [0.29, 0.717) is 5.69 Å². The largest absolute Gasteiger partial charge is 0.472 e. The molecule has 1 aromatic carbocycles. The number of nitrogens with one attached hydrogen (secondary N) is 2.